The average molecular weight is 283 g/mol. The second kappa shape index (κ2) is 5.78. The average Bonchev–Trinajstić information content (AvgIpc) is 2.32. The molecule has 1 aromatic heterocycles. The number of carbonyl (C=O) groups is 1. The van der Waals surface area contributed by atoms with Crippen molar-refractivity contribution in [2.24, 2.45) is 11.8 Å². The molecule has 0 aliphatic heterocycles. The van der Waals surface area contributed by atoms with Crippen LogP contribution in [0.1, 0.15) is 43.5 Å². The third kappa shape index (κ3) is 3.38. The molecular weight excluding hydrogens is 264 g/mol. The number of carboxylic acids is 1. The number of pyridine rings is 1. The Labute approximate surface area is 118 Å². The maximum absolute atomic E-state index is 11.2. The van der Waals surface area contributed by atoms with Crippen LogP contribution in [0.5, 0.6) is 0 Å². The summed E-state index contributed by atoms with van der Waals surface area (Å²) in [5.74, 6) is 0.639. The maximum atomic E-state index is 11.2. The Morgan fingerprint density at radius 3 is 2.79 bits per heavy atom. The molecule has 5 heteroatoms. The number of carboxylic acid groups (broad SMARTS) is 1. The van der Waals surface area contributed by atoms with Crippen LogP contribution in [0.3, 0.4) is 0 Å². The van der Waals surface area contributed by atoms with Crippen LogP contribution in [0.4, 0.5) is 5.82 Å². The molecule has 0 aromatic carbocycles. The van der Waals surface area contributed by atoms with Crippen molar-refractivity contribution in [3.05, 3.63) is 22.8 Å². The Morgan fingerprint density at radius 1 is 1.42 bits per heavy atom. The van der Waals surface area contributed by atoms with Gasteiger partial charge in [0.15, 0.2) is 0 Å². The van der Waals surface area contributed by atoms with Gasteiger partial charge in [0.1, 0.15) is 16.5 Å². The van der Waals surface area contributed by atoms with Crippen LogP contribution in [-0.4, -0.2) is 22.1 Å². The van der Waals surface area contributed by atoms with Gasteiger partial charge in [-0.1, -0.05) is 25.4 Å². The molecule has 2 N–H and O–H groups in total. The Bertz CT molecular complexity index is 479. The van der Waals surface area contributed by atoms with E-state index < -0.39 is 5.97 Å². The Hall–Kier alpha value is -1.29. The van der Waals surface area contributed by atoms with Crippen LogP contribution >= 0.6 is 11.6 Å². The number of halogens is 1. The lowest BCUT2D eigenvalue weighted by Crippen LogP contribution is -2.33. The molecule has 0 bridgehead atoms. The van der Waals surface area contributed by atoms with E-state index in [1.807, 2.05) is 0 Å². The fourth-order valence-corrected chi connectivity index (χ4v) is 2.92. The zero-order chi connectivity index (χ0) is 14.0. The normalized spacial score (nSPS) is 27.0. The molecular formula is C14H19ClN2O2. The highest BCUT2D eigenvalue weighted by molar-refractivity contribution is 6.29. The van der Waals surface area contributed by atoms with Gasteiger partial charge in [0, 0.05) is 6.04 Å². The van der Waals surface area contributed by atoms with Gasteiger partial charge in [0.05, 0.1) is 0 Å². The minimum atomic E-state index is -0.983. The van der Waals surface area contributed by atoms with E-state index in [4.69, 9.17) is 11.6 Å². The van der Waals surface area contributed by atoms with E-state index >= 15 is 0 Å². The molecule has 104 valence electrons. The first-order valence-corrected chi connectivity index (χ1v) is 7.01. The second-order valence-corrected chi connectivity index (χ2v) is 5.87. The first-order valence-electron chi connectivity index (χ1n) is 6.63. The first-order chi connectivity index (χ1) is 8.97. The molecule has 3 unspecified atom stereocenters. The molecule has 19 heavy (non-hydrogen) atoms. The number of aromatic nitrogens is 1. The van der Waals surface area contributed by atoms with Crippen LogP contribution in [-0.2, 0) is 0 Å². The third-order valence-electron chi connectivity index (χ3n) is 3.85. The fourth-order valence-electron chi connectivity index (χ4n) is 2.77. The lowest BCUT2D eigenvalue weighted by atomic mass is 9.80. The molecule has 2 rings (SSSR count). The summed E-state index contributed by atoms with van der Waals surface area (Å²) in [6.07, 6.45) is 3.35. The molecule has 1 heterocycles. The van der Waals surface area contributed by atoms with Crippen LogP contribution < -0.4 is 5.32 Å². The van der Waals surface area contributed by atoms with Crippen LogP contribution in [0, 0.1) is 11.8 Å². The number of nitrogens with zero attached hydrogens (tertiary/aromatic N) is 1. The van der Waals surface area contributed by atoms with Crippen molar-refractivity contribution in [1.82, 2.24) is 4.98 Å². The highest BCUT2D eigenvalue weighted by Crippen LogP contribution is 2.31. The highest BCUT2D eigenvalue weighted by Gasteiger charge is 2.26. The van der Waals surface area contributed by atoms with E-state index in [0.717, 1.165) is 25.2 Å². The molecule has 1 saturated carbocycles. The van der Waals surface area contributed by atoms with Crippen molar-refractivity contribution in [2.75, 3.05) is 5.32 Å². The van der Waals surface area contributed by atoms with E-state index in [-0.39, 0.29) is 11.6 Å². The fraction of sp³-hybridized carbons (Fsp3) is 0.571. The highest BCUT2D eigenvalue weighted by atomic mass is 35.5. The molecule has 0 spiro atoms. The van der Waals surface area contributed by atoms with E-state index in [1.165, 1.54) is 12.1 Å². The maximum Gasteiger partial charge on any atom is 0.339 e. The van der Waals surface area contributed by atoms with Gasteiger partial charge >= 0.3 is 5.97 Å². The summed E-state index contributed by atoms with van der Waals surface area (Å²) < 4.78 is 0. The molecule has 0 saturated heterocycles. The topological polar surface area (TPSA) is 62.2 Å². The molecule has 0 amide bonds. The van der Waals surface area contributed by atoms with Crippen LogP contribution in [0.15, 0.2) is 12.1 Å². The predicted octanol–water partition coefficient (Wildman–Crippen LogP) is 3.67. The quantitative estimate of drug-likeness (QED) is 0.831. The van der Waals surface area contributed by atoms with Gasteiger partial charge in [-0.15, -0.1) is 0 Å². The standard InChI is InChI=1S/C14H19ClN2O2/c1-8-3-5-11(9(2)7-8)16-13-10(14(18)19)4-6-12(15)17-13/h4,6,8-9,11H,3,5,7H2,1-2H3,(H,16,17)(H,18,19). The first kappa shape index (κ1) is 14.1. The number of aromatic carboxylic acids is 1. The zero-order valence-electron chi connectivity index (χ0n) is 11.2. The Kier molecular flexibility index (Phi) is 4.30. The van der Waals surface area contributed by atoms with Crippen LogP contribution in [0.2, 0.25) is 5.15 Å². The van der Waals surface area contributed by atoms with Crippen molar-refractivity contribution < 1.29 is 9.90 Å². The van der Waals surface area contributed by atoms with Crippen molar-refractivity contribution in [3.8, 4) is 0 Å². The number of nitrogens with one attached hydrogen (secondary N) is 1. The third-order valence-corrected chi connectivity index (χ3v) is 4.06. The van der Waals surface area contributed by atoms with Crippen molar-refractivity contribution >= 4 is 23.4 Å². The second-order valence-electron chi connectivity index (χ2n) is 5.48. The summed E-state index contributed by atoms with van der Waals surface area (Å²) >= 11 is 5.85. The van der Waals surface area contributed by atoms with Gasteiger partial charge in [-0.3, -0.25) is 0 Å². The number of hydrogen-bond donors (Lipinski definition) is 2. The molecule has 1 aliphatic rings. The van der Waals surface area contributed by atoms with Gasteiger partial charge in [-0.25, -0.2) is 9.78 Å². The van der Waals surface area contributed by atoms with Gasteiger partial charge in [-0.05, 0) is 43.2 Å². The summed E-state index contributed by atoms with van der Waals surface area (Å²) in [4.78, 5) is 15.3. The monoisotopic (exact) mass is 282 g/mol. The van der Waals surface area contributed by atoms with Gasteiger partial charge < -0.3 is 10.4 Å². The smallest absolute Gasteiger partial charge is 0.339 e. The van der Waals surface area contributed by atoms with Gasteiger partial charge in [0.25, 0.3) is 0 Å². The molecule has 1 aromatic rings. The van der Waals surface area contributed by atoms with E-state index in [1.54, 1.807) is 0 Å². The molecule has 1 aliphatic carbocycles. The number of anilines is 1. The van der Waals surface area contributed by atoms with E-state index in [0.29, 0.717) is 16.9 Å². The minimum Gasteiger partial charge on any atom is -0.478 e. The van der Waals surface area contributed by atoms with Gasteiger partial charge in [-0.2, -0.15) is 0 Å². The lowest BCUT2D eigenvalue weighted by Gasteiger charge is -2.33. The number of hydrogen-bond acceptors (Lipinski definition) is 3. The summed E-state index contributed by atoms with van der Waals surface area (Å²) in [6, 6.07) is 3.26. The van der Waals surface area contributed by atoms with E-state index in [9.17, 15) is 9.90 Å². The predicted molar refractivity (Wildman–Crippen MR) is 75.8 cm³/mol. The Morgan fingerprint density at radius 2 is 2.16 bits per heavy atom. The minimum absolute atomic E-state index is 0.176. The number of rotatable bonds is 3. The van der Waals surface area contributed by atoms with Crippen molar-refractivity contribution in [1.29, 1.82) is 0 Å². The van der Waals surface area contributed by atoms with Crippen LogP contribution in [0.25, 0.3) is 0 Å². The molecule has 0 radical (unpaired) electrons. The summed E-state index contributed by atoms with van der Waals surface area (Å²) in [7, 11) is 0. The van der Waals surface area contributed by atoms with E-state index in [2.05, 4.69) is 24.1 Å². The lowest BCUT2D eigenvalue weighted by molar-refractivity contribution is 0.0697. The SMILES string of the molecule is CC1CCC(Nc2nc(Cl)ccc2C(=O)O)C(C)C1. The largest absolute Gasteiger partial charge is 0.478 e. The molecule has 4 nitrogen and oxygen atoms in total. The Balaban J connectivity index is 2.18. The van der Waals surface area contributed by atoms with Crippen molar-refractivity contribution in [2.45, 2.75) is 39.2 Å². The molecule has 1 fully saturated rings. The molecule has 3 atom stereocenters. The summed E-state index contributed by atoms with van der Waals surface area (Å²) in [5.41, 5.74) is 0.176. The van der Waals surface area contributed by atoms with Crippen molar-refractivity contribution in [3.63, 3.8) is 0 Å². The summed E-state index contributed by atoms with van der Waals surface area (Å²) in [5, 5.41) is 12.7. The van der Waals surface area contributed by atoms with Gasteiger partial charge in [0.2, 0.25) is 0 Å². The zero-order valence-corrected chi connectivity index (χ0v) is 11.9. The summed E-state index contributed by atoms with van der Waals surface area (Å²) in [6.45, 7) is 4.45.